The van der Waals surface area contributed by atoms with Gasteiger partial charge in [0.1, 0.15) is 5.75 Å². The minimum Gasteiger partial charge on any atom is -0.733 e. The third kappa shape index (κ3) is 6.57. The Balaban J connectivity index is 1.35. The first-order valence-electron chi connectivity index (χ1n) is 13.9. The number of aromatic nitrogens is 3. The van der Waals surface area contributed by atoms with Gasteiger partial charge in [0.15, 0.2) is 0 Å². The number of aromatic hydroxyl groups is 1. The van der Waals surface area contributed by atoms with Crippen molar-refractivity contribution < 1.29 is 15.1 Å². The molecular weight excluding hydrogens is 560 g/mol. The molecule has 0 amide bonds. The zero-order valence-electron chi connectivity index (χ0n) is 23.6. The molecule has 1 aromatic heterocycles. The first-order valence-corrected chi connectivity index (χ1v) is 13.9. The number of phenols is 1. The van der Waals surface area contributed by atoms with Crippen LogP contribution in [0.15, 0.2) is 108 Å². The lowest BCUT2D eigenvalue weighted by molar-refractivity contribution is 0.122. The summed E-state index contributed by atoms with van der Waals surface area (Å²) in [5.74, 6) is 0.941. The SMILES string of the molecule is [O-]N(O)c1cccc(C=Nc2cccc(Nc3nc(N4CCOCC4)nc(N(c4ccccc4)c4ccccc4)n3)c2)c1O. The smallest absolute Gasteiger partial charge is 0.241 e. The van der Waals surface area contributed by atoms with Gasteiger partial charge in [0.25, 0.3) is 0 Å². The highest BCUT2D eigenvalue weighted by Crippen LogP contribution is 2.34. The fourth-order valence-electron chi connectivity index (χ4n) is 4.69. The Hall–Kier alpha value is -5.56. The molecular formula is C32H29N8O4-. The van der Waals surface area contributed by atoms with Crippen LogP contribution in [-0.2, 0) is 4.74 Å². The van der Waals surface area contributed by atoms with Gasteiger partial charge in [0, 0.05) is 41.9 Å². The first kappa shape index (κ1) is 28.6. The minimum absolute atomic E-state index is 0.272. The van der Waals surface area contributed by atoms with Crippen LogP contribution >= 0.6 is 0 Å². The second-order valence-corrected chi connectivity index (χ2v) is 9.79. The average Bonchev–Trinajstić information content (AvgIpc) is 3.06. The molecule has 0 saturated carbocycles. The molecule has 5 aromatic rings. The van der Waals surface area contributed by atoms with Crippen molar-refractivity contribution in [2.75, 3.05) is 46.6 Å². The van der Waals surface area contributed by atoms with Crippen molar-refractivity contribution in [1.29, 1.82) is 0 Å². The van der Waals surface area contributed by atoms with E-state index in [2.05, 4.69) is 15.2 Å². The van der Waals surface area contributed by atoms with Gasteiger partial charge in [0.2, 0.25) is 17.8 Å². The fourth-order valence-corrected chi connectivity index (χ4v) is 4.69. The Bertz CT molecular complexity index is 1690. The molecule has 12 heteroatoms. The molecule has 2 heterocycles. The quantitative estimate of drug-likeness (QED) is 0.136. The lowest BCUT2D eigenvalue weighted by atomic mass is 10.2. The Labute approximate surface area is 253 Å². The van der Waals surface area contributed by atoms with E-state index in [0.29, 0.717) is 55.5 Å². The summed E-state index contributed by atoms with van der Waals surface area (Å²) in [4.78, 5) is 23.0. The van der Waals surface area contributed by atoms with E-state index in [-0.39, 0.29) is 22.2 Å². The molecule has 3 N–H and O–H groups in total. The summed E-state index contributed by atoms with van der Waals surface area (Å²) < 4.78 is 5.56. The summed E-state index contributed by atoms with van der Waals surface area (Å²) in [5.41, 5.74) is 3.04. The van der Waals surface area contributed by atoms with Crippen LogP contribution in [0.5, 0.6) is 5.75 Å². The molecule has 0 atom stereocenters. The normalized spacial score (nSPS) is 13.2. The number of ether oxygens (including phenoxy) is 1. The highest BCUT2D eigenvalue weighted by molar-refractivity contribution is 5.88. The van der Waals surface area contributed by atoms with Crippen LogP contribution in [0.1, 0.15) is 5.56 Å². The van der Waals surface area contributed by atoms with Gasteiger partial charge in [-0.2, -0.15) is 15.0 Å². The van der Waals surface area contributed by atoms with Gasteiger partial charge in [-0.25, -0.2) is 0 Å². The maximum Gasteiger partial charge on any atom is 0.241 e. The van der Waals surface area contributed by atoms with Gasteiger partial charge in [0.05, 0.1) is 24.6 Å². The number of aliphatic imine (C=N–C) groups is 1. The number of phenolic OH excluding ortho intramolecular Hbond substituents is 1. The largest absolute Gasteiger partial charge is 0.733 e. The van der Waals surface area contributed by atoms with Crippen LogP contribution < -0.4 is 20.3 Å². The number of hydrogen-bond acceptors (Lipinski definition) is 12. The molecule has 1 aliphatic rings. The lowest BCUT2D eigenvalue weighted by Crippen LogP contribution is -2.37. The molecule has 0 spiro atoms. The number of benzene rings is 4. The number of para-hydroxylation sites is 3. The molecule has 0 bridgehead atoms. The van der Waals surface area contributed by atoms with Gasteiger partial charge in [-0.3, -0.25) is 15.1 Å². The van der Waals surface area contributed by atoms with Crippen LogP contribution in [0.2, 0.25) is 0 Å². The van der Waals surface area contributed by atoms with Crippen molar-refractivity contribution in [3.63, 3.8) is 0 Å². The Kier molecular flexibility index (Phi) is 8.55. The lowest BCUT2D eigenvalue weighted by Gasteiger charge is -2.29. The summed E-state index contributed by atoms with van der Waals surface area (Å²) in [6.07, 6.45) is 1.41. The molecule has 12 nitrogen and oxygen atoms in total. The van der Waals surface area contributed by atoms with E-state index in [0.717, 1.165) is 11.4 Å². The van der Waals surface area contributed by atoms with Crippen LogP contribution in [0.3, 0.4) is 0 Å². The van der Waals surface area contributed by atoms with Gasteiger partial charge >= 0.3 is 0 Å². The molecule has 222 valence electrons. The van der Waals surface area contributed by atoms with Gasteiger partial charge in [-0.05, 0) is 54.6 Å². The molecule has 1 fully saturated rings. The summed E-state index contributed by atoms with van der Waals surface area (Å²) >= 11 is 0. The second kappa shape index (κ2) is 13.2. The van der Waals surface area contributed by atoms with E-state index in [9.17, 15) is 15.5 Å². The third-order valence-corrected chi connectivity index (χ3v) is 6.84. The summed E-state index contributed by atoms with van der Waals surface area (Å²) in [7, 11) is 0. The predicted octanol–water partition coefficient (Wildman–Crippen LogP) is 6.07. The molecule has 1 saturated heterocycles. The highest BCUT2D eigenvalue weighted by Gasteiger charge is 2.21. The maximum atomic E-state index is 11.3. The van der Waals surface area contributed by atoms with Crippen molar-refractivity contribution in [3.8, 4) is 5.75 Å². The van der Waals surface area contributed by atoms with E-state index in [1.807, 2.05) is 77.7 Å². The second-order valence-electron chi connectivity index (χ2n) is 9.79. The van der Waals surface area contributed by atoms with Gasteiger partial charge < -0.3 is 30.5 Å². The number of rotatable bonds is 9. The number of anilines is 7. The van der Waals surface area contributed by atoms with Crippen molar-refractivity contribution in [2.24, 2.45) is 4.99 Å². The fraction of sp³-hybridized carbons (Fsp3) is 0.125. The first-order chi connectivity index (χ1) is 21.5. The summed E-state index contributed by atoms with van der Waals surface area (Å²) in [6.45, 7) is 2.46. The number of nitrogens with one attached hydrogen (secondary N) is 1. The Morgan fingerprint density at radius 1 is 0.841 bits per heavy atom. The maximum absolute atomic E-state index is 11.3. The minimum atomic E-state index is -0.387. The van der Waals surface area contributed by atoms with E-state index in [1.54, 1.807) is 18.2 Å². The van der Waals surface area contributed by atoms with E-state index in [1.165, 1.54) is 18.3 Å². The molecule has 0 aliphatic carbocycles. The van der Waals surface area contributed by atoms with Gasteiger partial charge in [-0.15, -0.1) is 0 Å². The summed E-state index contributed by atoms with van der Waals surface area (Å²) in [6, 6.07) is 31.5. The van der Waals surface area contributed by atoms with Gasteiger partial charge in [-0.1, -0.05) is 48.5 Å². The van der Waals surface area contributed by atoms with Crippen LogP contribution in [0.25, 0.3) is 0 Å². The molecule has 44 heavy (non-hydrogen) atoms. The van der Waals surface area contributed by atoms with Crippen LogP contribution in [0.4, 0.5) is 46.3 Å². The standard InChI is InChI=1S/C32H29N8O4/c41-29-23(9-7-16-28(29)40(42)43)22-33-24-10-8-11-25(21-24)34-30-35-31(38-17-19-44-20-18-38)37-32(36-30)39(26-12-3-1-4-13-26)27-14-5-2-6-15-27/h1-16,21-22,41-42H,17-20H2,(H,34,35,36,37)/q-1. The van der Waals surface area contributed by atoms with Crippen LogP contribution in [0, 0.1) is 5.21 Å². The van der Waals surface area contributed by atoms with Crippen molar-refractivity contribution in [3.05, 3.63) is 114 Å². The predicted molar refractivity (Wildman–Crippen MR) is 170 cm³/mol. The van der Waals surface area contributed by atoms with E-state index >= 15 is 0 Å². The molecule has 0 unspecified atom stereocenters. The number of nitrogens with zero attached hydrogens (tertiary/aromatic N) is 7. The van der Waals surface area contributed by atoms with Crippen molar-refractivity contribution in [2.45, 2.75) is 0 Å². The Morgan fingerprint density at radius 3 is 2.20 bits per heavy atom. The van der Waals surface area contributed by atoms with E-state index in [4.69, 9.17) is 19.7 Å². The Morgan fingerprint density at radius 2 is 1.52 bits per heavy atom. The van der Waals surface area contributed by atoms with E-state index < -0.39 is 0 Å². The average molecular weight is 590 g/mol. The molecule has 1 aliphatic heterocycles. The highest BCUT2D eigenvalue weighted by atomic mass is 16.8. The zero-order chi connectivity index (χ0) is 30.3. The molecule has 4 aromatic carbocycles. The number of hydrogen-bond donors (Lipinski definition) is 3. The molecule has 0 radical (unpaired) electrons. The topological polar surface area (TPSA) is 146 Å². The molecule has 6 rings (SSSR count). The third-order valence-electron chi connectivity index (χ3n) is 6.84. The van der Waals surface area contributed by atoms with Crippen LogP contribution in [-0.4, -0.2) is 57.8 Å². The van der Waals surface area contributed by atoms with Crippen molar-refractivity contribution in [1.82, 2.24) is 15.0 Å². The monoisotopic (exact) mass is 589 g/mol. The number of morpholine rings is 1. The summed E-state index contributed by atoms with van der Waals surface area (Å²) in [5, 5.41) is 33.7. The zero-order valence-corrected chi connectivity index (χ0v) is 23.6. The van der Waals surface area contributed by atoms with Crippen molar-refractivity contribution >= 4 is 52.5 Å².